The monoisotopic (exact) mass is 420 g/mol. The average molecular weight is 421 g/mol. The van der Waals surface area contributed by atoms with E-state index >= 15 is 0 Å². The second-order valence-electron chi connectivity index (χ2n) is 8.98. The summed E-state index contributed by atoms with van der Waals surface area (Å²) in [5, 5.41) is 10.6. The van der Waals surface area contributed by atoms with Gasteiger partial charge < -0.3 is 14.3 Å². The van der Waals surface area contributed by atoms with Crippen molar-refractivity contribution in [3.05, 3.63) is 29.8 Å². The molecular formula is C27H50NO2+. The zero-order valence-electron chi connectivity index (χ0n) is 20.5. The Labute approximate surface area is 187 Å². The molecule has 0 aliphatic rings. The summed E-state index contributed by atoms with van der Waals surface area (Å²) in [6, 6.07) is 8.37. The Morgan fingerprint density at radius 2 is 1.30 bits per heavy atom. The van der Waals surface area contributed by atoms with Crippen LogP contribution < -0.4 is 4.74 Å². The summed E-state index contributed by atoms with van der Waals surface area (Å²) < 4.78 is 7.01. The number of aliphatic hydroxyl groups excluding tert-OH is 1. The highest BCUT2D eigenvalue weighted by molar-refractivity contribution is 5.33. The average Bonchev–Trinajstić information content (AvgIpc) is 2.78. The van der Waals surface area contributed by atoms with Gasteiger partial charge in [-0.15, -0.1) is 0 Å². The third-order valence-electron chi connectivity index (χ3n) is 6.81. The minimum Gasteiger partial charge on any atom is -0.490 e. The van der Waals surface area contributed by atoms with Gasteiger partial charge in [0.1, 0.15) is 25.0 Å². The Morgan fingerprint density at radius 1 is 0.767 bits per heavy atom. The maximum atomic E-state index is 10.6. The number of hydrogen-bond donors (Lipinski definition) is 1. The predicted molar refractivity (Wildman–Crippen MR) is 130 cm³/mol. The summed E-state index contributed by atoms with van der Waals surface area (Å²) in [6.45, 7) is 13.2. The van der Waals surface area contributed by atoms with Gasteiger partial charge in [-0.25, -0.2) is 0 Å². The molecule has 1 rings (SSSR count). The second-order valence-corrected chi connectivity index (χ2v) is 8.98. The molecule has 1 aromatic carbocycles. The normalized spacial score (nSPS) is 12.8. The third kappa shape index (κ3) is 10.8. The molecule has 0 aliphatic heterocycles. The lowest BCUT2D eigenvalue weighted by Gasteiger charge is -2.37. The van der Waals surface area contributed by atoms with Crippen molar-refractivity contribution in [2.24, 2.45) is 0 Å². The summed E-state index contributed by atoms with van der Waals surface area (Å²) >= 11 is 0. The standard InChI is InChI=1S/C27H50NO2/c1-5-9-10-11-12-13-14-15-16-17-20-25-21-18-19-22-27(25)30-24-26(29)23-28(6-2,7-3)8-4/h18-19,21-22,26,29H,5-17,20,23-24H2,1-4H3/q+1. The van der Waals surface area contributed by atoms with Gasteiger partial charge in [-0.3, -0.25) is 0 Å². The first kappa shape index (κ1) is 27.0. The Bertz CT molecular complexity index is 519. The van der Waals surface area contributed by atoms with E-state index in [1.54, 1.807) is 0 Å². The van der Waals surface area contributed by atoms with Crippen molar-refractivity contribution in [1.82, 2.24) is 0 Å². The lowest BCUT2D eigenvalue weighted by Crippen LogP contribution is -2.52. The van der Waals surface area contributed by atoms with Crippen LogP contribution in [-0.2, 0) is 6.42 Å². The molecule has 3 heteroatoms. The Morgan fingerprint density at radius 3 is 1.87 bits per heavy atom. The molecule has 1 atom stereocenters. The lowest BCUT2D eigenvalue weighted by atomic mass is 10.0. The molecule has 0 bridgehead atoms. The number of rotatable bonds is 19. The number of ether oxygens (including phenoxy) is 1. The van der Waals surface area contributed by atoms with Gasteiger partial charge in [0.2, 0.25) is 0 Å². The van der Waals surface area contributed by atoms with E-state index < -0.39 is 6.10 Å². The lowest BCUT2D eigenvalue weighted by molar-refractivity contribution is -0.926. The molecule has 0 amide bonds. The van der Waals surface area contributed by atoms with Crippen LogP contribution in [0.25, 0.3) is 0 Å². The number of quaternary nitrogens is 1. The van der Waals surface area contributed by atoms with E-state index in [0.29, 0.717) is 6.61 Å². The molecule has 0 radical (unpaired) electrons. The molecule has 0 fully saturated rings. The van der Waals surface area contributed by atoms with Crippen LogP contribution >= 0.6 is 0 Å². The van der Waals surface area contributed by atoms with Crippen molar-refractivity contribution in [3.63, 3.8) is 0 Å². The fourth-order valence-corrected chi connectivity index (χ4v) is 4.40. The summed E-state index contributed by atoms with van der Waals surface area (Å²) in [6.07, 6.45) is 14.3. The van der Waals surface area contributed by atoms with E-state index in [1.807, 2.05) is 6.07 Å². The molecule has 1 N–H and O–H groups in total. The molecule has 0 heterocycles. The maximum Gasteiger partial charge on any atom is 0.137 e. The van der Waals surface area contributed by atoms with Gasteiger partial charge >= 0.3 is 0 Å². The van der Waals surface area contributed by atoms with Crippen LogP contribution in [0.1, 0.15) is 97.5 Å². The van der Waals surface area contributed by atoms with E-state index in [4.69, 9.17) is 4.74 Å². The molecule has 0 spiro atoms. The van der Waals surface area contributed by atoms with E-state index in [9.17, 15) is 5.11 Å². The van der Waals surface area contributed by atoms with Crippen LogP contribution in [0, 0.1) is 0 Å². The molecule has 0 aromatic heterocycles. The first-order valence-corrected chi connectivity index (χ1v) is 12.8. The van der Waals surface area contributed by atoms with Crippen LogP contribution in [0.3, 0.4) is 0 Å². The Kier molecular flexibility index (Phi) is 14.9. The number of para-hydroxylation sites is 1. The predicted octanol–water partition coefficient (Wildman–Crippen LogP) is 6.77. The summed E-state index contributed by atoms with van der Waals surface area (Å²) in [5.74, 6) is 0.954. The quantitative estimate of drug-likeness (QED) is 0.198. The van der Waals surface area contributed by atoms with Gasteiger partial charge in [-0.1, -0.05) is 82.9 Å². The third-order valence-corrected chi connectivity index (χ3v) is 6.81. The number of aryl methyl sites for hydroxylation is 1. The minimum atomic E-state index is -0.421. The fourth-order valence-electron chi connectivity index (χ4n) is 4.40. The topological polar surface area (TPSA) is 29.5 Å². The molecular weight excluding hydrogens is 370 g/mol. The van der Waals surface area contributed by atoms with Crippen LogP contribution in [0.2, 0.25) is 0 Å². The van der Waals surface area contributed by atoms with Gasteiger partial charge in [0.25, 0.3) is 0 Å². The molecule has 0 aliphatic carbocycles. The highest BCUT2D eigenvalue weighted by Crippen LogP contribution is 2.21. The van der Waals surface area contributed by atoms with Crippen molar-refractivity contribution in [2.45, 2.75) is 104 Å². The van der Waals surface area contributed by atoms with Crippen molar-refractivity contribution in [1.29, 1.82) is 0 Å². The molecule has 0 saturated heterocycles. The number of aliphatic hydroxyl groups is 1. The van der Waals surface area contributed by atoms with Crippen LogP contribution in [0.15, 0.2) is 24.3 Å². The largest absolute Gasteiger partial charge is 0.490 e. The van der Waals surface area contributed by atoms with Gasteiger partial charge in [0.15, 0.2) is 0 Å². The molecule has 174 valence electrons. The SMILES string of the molecule is CCCCCCCCCCCCc1ccccc1OCC(O)C[N+](CC)(CC)CC. The minimum absolute atomic E-state index is 0.384. The maximum absolute atomic E-state index is 10.6. The summed E-state index contributed by atoms with van der Waals surface area (Å²) in [5.41, 5.74) is 1.28. The highest BCUT2D eigenvalue weighted by atomic mass is 16.5. The molecule has 0 saturated carbocycles. The zero-order valence-corrected chi connectivity index (χ0v) is 20.5. The number of likely N-dealkylation sites (N-methyl/N-ethyl adjacent to an activating group) is 1. The van der Waals surface area contributed by atoms with Crippen molar-refractivity contribution < 1.29 is 14.3 Å². The molecule has 1 aromatic rings. The van der Waals surface area contributed by atoms with E-state index in [0.717, 1.165) is 42.8 Å². The second kappa shape index (κ2) is 16.6. The van der Waals surface area contributed by atoms with E-state index in [-0.39, 0.29) is 0 Å². The van der Waals surface area contributed by atoms with Crippen molar-refractivity contribution in [3.8, 4) is 5.75 Å². The van der Waals surface area contributed by atoms with Crippen molar-refractivity contribution >= 4 is 0 Å². The van der Waals surface area contributed by atoms with Gasteiger partial charge in [0, 0.05) is 0 Å². The highest BCUT2D eigenvalue weighted by Gasteiger charge is 2.25. The van der Waals surface area contributed by atoms with Gasteiger partial charge in [0.05, 0.1) is 19.6 Å². The number of nitrogens with zero attached hydrogens (tertiary/aromatic N) is 1. The van der Waals surface area contributed by atoms with E-state index in [2.05, 4.69) is 45.9 Å². The smallest absolute Gasteiger partial charge is 0.137 e. The number of benzene rings is 1. The summed E-state index contributed by atoms with van der Waals surface area (Å²) in [4.78, 5) is 0. The first-order chi connectivity index (χ1) is 14.6. The molecule has 1 unspecified atom stereocenters. The number of hydrogen-bond acceptors (Lipinski definition) is 2. The Balaban J connectivity index is 2.30. The van der Waals surface area contributed by atoms with Crippen LogP contribution in [-0.4, -0.2) is 48.5 Å². The van der Waals surface area contributed by atoms with Crippen LogP contribution in [0.4, 0.5) is 0 Å². The molecule has 30 heavy (non-hydrogen) atoms. The zero-order chi connectivity index (χ0) is 22.1. The van der Waals surface area contributed by atoms with Gasteiger partial charge in [-0.05, 0) is 45.2 Å². The first-order valence-electron chi connectivity index (χ1n) is 12.8. The fraction of sp³-hybridized carbons (Fsp3) is 0.778. The molecule has 3 nitrogen and oxygen atoms in total. The summed E-state index contributed by atoms with van der Waals surface area (Å²) in [7, 11) is 0. The number of unbranched alkanes of at least 4 members (excludes halogenated alkanes) is 9. The Hall–Kier alpha value is -1.06. The van der Waals surface area contributed by atoms with Gasteiger partial charge in [-0.2, -0.15) is 0 Å². The van der Waals surface area contributed by atoms with E-state index in [1.165, 1.54) is 69.8 Å². The van der Waals surface area contributed by atoms with Crippen molar-refractivity contribution in [2.75, 3.05) is 32.8 Å². The van der Waals surface area contributed by atoms with Crippen LogP contribution in [0.5, 0.6) is 5.75 Å².